The van der Waals surface area contributed by atoms with Crippen LogP contribution < -0.4 is 0 Å². The van der Waals surface area contributed by atoms with Crippen molar-refractivity contribution < 1.29 is 14.7 Å². The zero-order chi connectivity index (χ0) is 14.1. The van der Waals surface area contributed by atoms with Crippen LogP contribution in [-0.2, 0) is 24.2 Å². The number of hydrogen-bond donors (Lipinski definition) is 1. The summed E-state index contributed by atoms with van der Waals surface area (Å²) in [6, 6.07) is 11.5. The molecule has 0 spiro atoms. The molecule has 0 bridgehead atoms. The predicted octanol–water partition coefficient (Wildman–Crippen LogP) is 2.29. The lowest BCUT2D eigenvalue weighted by Crippen LogP contribution is -2.19. The number of nitrogens with zero attached hydrogens (tertiary/aromatic N) is 1. The highest BCUT2D eigenvalue weighted by atomic mass is 16.4. The van der Waals surface area contributed by atoms with Gasteiger partial charge in [-0.3, -0.25) is 4.79 Å². The Bertz CT molecular complexity index is 671. The molecule has 102 valence electrons. The molecule has 0 fully saturated rings. The van der Waals surface area contributed by atoms with Crippen LogP contribution in [0.5, 0.6) is 0 Å². The summed E-state index contributed by atoms with van der Waals surface area (Å²) in [6.45, 7) is 0.546. The fourth-order valence-electron chi connectivity index (χ4n) is 2.85. The molecular formula is C16H15NO3. The highest BCUT2D eigenvalue weighted by Gasteiger charge is 2.26. The molecule has 20 heavy (non-hydrogen) atoms. The number of carboxylic acid groups (broad SMARTS) is 1. The first-order valence-electron chi connectivity index (χ1n) is 6.69. The van der Waals surface area contributed by atoms with Gasteiger partial charge in [-0.25, -0.2) is 4.79 Å². The molecule has 1 N–H and O–H groups in total. The number of carbonyl (C=O) groups excluding carboxylic acids is 1. The van der Waals surface area contributed by atoms with Crippen molar-refractivity contribution >= 4 is 11.8 Å². The second kappa shape index (κ2) is 4.96. The van der Waals surface area contributed by atoms with E-state index < -0.39 is 11.8 Å². The molecule has 1 aliphatic rings. The number of fused-ring (bicyclic) bond motifs is 1. The van der Waals surface area contributed by atoms with Crippen LogP contribution in [0.15, 0.2) is 36.4 Å². The molecule has 0 radical (unpaired) electrons. The maximum Gasteiger partial charge on any atom is 0.378 e. The maximum atomic E-state index is 11.8. The molecule has 1 heterocycles. The van der Waals surface area contributed by atoms with Crippen LogP contribution in [0.1, 0.15) is 33.7 Å². The minimum Gasteiger partial charge on any atom is -0.475 e. The first kappa shape index (κ1) is 12.7. The number of carbonyl (C=O) groups is 2. The van der Waals surface area contributed by atoms with E-state index in [0.717, 1.165) is 36.1 Å². The van der Waals surface area contributed by atoms with Crippen molar-refractivity contribution in [2.75, 3.05) is 0 Å². The van der Waals surface area contributed by atoms with Gasteiger partial charge in [-0.05, 0) is 36.5 Å². The van der Waals surface area contributed by atoms with E-state index in [1.807, 2.05) is 34.9 Å². The molecule has 0 atom stereocenters. The number of ketones is 1. The number of carboxylic acids is 1. The fraction of sp³-hybridized carbons (Fsp3) is 0.250. The Morgan fingerprint density at radius 2 is 1.90 bits per heavy atom. The molecule has 4 heteroatoms. The molecule has 0 amide bonds. The van der Waals surface area contributed by atoms with Gasteiger partial charge >= 0.3 is 5.97 Å². The predicted molar refractivity (Wildman–Crippen MR) is 74.0 cm³/mol. The number of hydrogen-bond acceptors (Lipinski definition) is 2. The van der Waals surface area contributed by atoms with Gasteiger partial charge in [0.1, 0.15) is 0 Å². The molecule has 4 nitrogen and oxygen atoms in total. The second-order valence-corrected chi connectivity index (χ2v) is 5.06. The van der Waals surface area contributed by atoms with E-state index in [0.29, 0.717) is 12.2 Å². The Labute approximate surface area is 116 Å². The van der Waals surface area contributed by atoms with Gasteiger partial charge in [-0.1, -0.05) is 30.3 Å². The minimum atomic E-state index is -1.39. The van der Waals surface area contributed by atoms with Crippen LogP contribution in [0.4, 0.5) is 0 Å². The third-order valence-electron chi connectivity index (χ3n) is 3.77. The number of Topliss-reactive ketones (excluding diaryl/α,β-unsaturated/α-hetero) is 1. The summed E-state index contributed by atoms with van der Waals surface area (Å²) in [7, 11) is 0. The maximum absolute atomic E-state index is 11.8. The van der Waals surface area contributed by atoms with E-state index in [4.69, 9.17) is 5.11 Å². The lowest BCUT2D eigenvalue weighted by Gasteiger charge is -2.11. The average molecular weight is 269 g/mol. The summed E-state index contributed by atoms with van der Waals surface area (Å²) in [6.07, 6.45) is 2.91. The Balaban J connectivity index is 2.04. The molecule has 1 aromatic carbocycles. The van der Waals surface area contributed by atoms with Crippen LogP contribution in [0.3, 0.4) is 0 Å². The van der Waals surface area contributed by atoms with Gasteiger partial charge in [0.2, 0.25) is 0 Å². The number of aromatic nitrogens is 1. The van der Waals surface area contributed by atoms with Gasteiger partial charge in [0, 0.05) is 12.2 Å². The summed E-state index contributed by atoms with van der Waals surface area (Å²) in [4.78, 5) is 22.8. The smallest absolute Gasteiger partial charge is 0.378 e. The topological polar surface area (TPSA) is 59.3 Å². The van der Waals surface area contributed by atoms with Crippen LogP contribution >= 0.6 is 0 Å². The van der Waals surface area contributed by atoms with Crippen molar-refractivity contribution in [2.24, 2.45) is 0 Å². The lowest BCUT2D eigenvalue weighted by atomic mass is 10.2. The summed E-state index contributed by atoms with van der Waals surface area (Å²) < 4.78 is 1.87. The van der Waals surface area contributed by atoms with Gasteiger partial charge in [-0.15, -0.1) is 0 Å². The molecule has 1 aromatic heterocycles. The van der Waals surface area contributed by atoms with Crippen LogP contribution in [0.25, 0.3) is 0 Å². The van der Waals surface area contributed by atoms with Crippen molar-refractivity contribution in [3.8, 4) is 0 Å². The van der Waals surface area contributed by atoms with Crippen LogP contribution in [0.2, 0.25) is 0 Å². The summed E-state index contributed by atoms with van der Waals surface area (Å²) in [5.74, 6) is -2.22. The molecule has 3 rings (SSSR count). The van der Waals surface area contributed by atoms with Gasteiger partial charge in [0.25, 0.3) is 5.78 Å². The molecule has 1 aliphatic carbocycles. The zero-order valence-electron chi connectivity index (χ0n) is 11.0. The van der Waals surface area contributed by atoms with Crippen molar-refractivity contribution in [3.05, 3.63) is 58.9 Å². The first-order valence-corrected chi connectivity index (χ1v) is 6.69. The molecule has 0 aliphatic heterocycles. The largest absolute Gasteiger partial charge is 0.475 e. The third kappa shape index (κ3) is 2.13. The van der Waals surface area contributed by atoms with Crippen molar-refractivity contribution in [1.82, 2.24) is 4.57 Å². The summed E-state index contributed by atoms with van der Waals surface area (Å²) >= 11 is 0. The molecular weight excluding hydrogens is 254 g/mol. The lowest BCUT2D eigenvalue weighted by molar-refractivity contribution is -0.131. The molecule has 0 saturated heterocycles. The average Bonchev–Trinajstić information content (AvgIpc) is 3.02. The first-order chi connectivity index (χ1) is 9.66. The molecule has 2 aromatic rings. The van der Waals surface area contributed by atoms with E-state index in [1.54, 1.807) is 6.07 Å². The van der Waals surface area contributed by atoms with E-state index in [-0.39, 0.29) is 0 Å². The van der Waals surface area contributed by atoms with Crippen molar-refractivity contribution in [1.29, 1.82) is 0 Å². The van der Waals surface area contributed by atoms with E-state index >= 15 is 0 Å². The zero-order valence-corrected chi connectivity index (χ0v) is 11.0. The van der Waals surface area contributed by atoms with Crippen LogP contribution in [0, 0.1) is 0 Å². The monoisotopic (exact) mass is 269 g/mol. The SMILES string of the molecule is O=C(O)C(=O)c1cc2c(n1Cc1ccccc1)CCC2. The Hall–Kier alpha value is -2.36. The summed E-state index contributed by atoms with van der Waals surface area (Å²) in [5, 5.41) is 8.95. The number of aliphatic carboxylic acids is 1. The van der Waals surface area contributed by atoms with Gasteiger partial charge in [0.05, 0.1) is 5.69 Å². The standard InChI is InChI=1S/C16H15NO3/c18-15(16(19)20)14-9-12-7-4-8-13(12)17(14)10-11-5-2-1-3-6-11/h1-3,5-6,9H,4,7-8,10H2,(H,19,20). The highest BCUT2D eigenvalue weighted by Crippen LogP contribution is 2.27. The molecule has 0 unspecified atom stereocenters. The highest BCUT2D eigenvalue weighted by molar-refractivity contribution is 6.39. The van der Waals surface area contributed by atoms with E-state index in [2.05, 4.69) is 0 Å². The minimum absolute atomic E-state index is 0.297. The van der Waals surface area contributed by atoms with Crippen molar-refractivity contribution in [2.45, 2.75) is 25.8 Å². The van der Waals surface area contributed by atoms with Gasteiger partial charge in [-0.2, -0.15) is 0 Å². The number of aryl methyl sites for hydroxylation is 1. The third-order valence-corrected chi connectivity index (χ3v) is 3.77. The quantitative estimate of drug-likeness (QED) is 0.684. The van der Waals surface area contributed by atoms with Crippen molar-refractivity contribution in [3.63, 3.8) is 0 Å². The Morgan fingerprint density at radius 3 is 2.60 bits per heavy atom. The molecule has 0 saturated carbocycles. The van der Waals surface area contributed by atoms with Crippen LogP contribution in [-0.4, -0.2) is 21.4 Å². The Morgan fingerprint density at radius 1 is 1.15 bits per heavy atom. The van der Waals surface area contributed by atoms with E-state index in [9.17, 15) is 9.59 Å². The number of benzene rings is 1. The summed E-state index contributed by atoms with van der Waals surface area (Å²) in [5.41, 5.74) is 3.59. The van der Waals surface area contributed by atoms with Gasteiger partial charge in [0.15, 0.2) is 0 Å². The van der Waals surface area contributed by atoms with Gasteiger partial charge < -0.3 is 9.67 Å². The fourth-order valence-corrected chi connectivity index (χ4v) is 2.85. The normalized spacial score (nSPS) is 13.2. The second-order valence-electron chi connectivity index (χ2n) is 5.06. The Kier molecular flexibility index (Phi) is 3.14. The number of rotatable bonds is 4. The van der Waals surface area contributed by atoms with E-state index in [1.165, 1.54) is 0 Å².